The van der Waals surface area contributed by atoms with Gasteiger partial charge in [-0.3, -0.25) is 4.79 Å². The maximum atomic E-state index is 14.3. The second-order valence-electron chi connectivity index (χ2n) is 8.18. The molecule has 1 aliphatic heterocycles. The Morgan fingerprint density at radius 2 is 1.55 bits per heavy atom. The van der Waals surface area contributed by atoms with E-state index in [1.807, 2.05) is 6.79 Å². The van der Waals surface area contributed by atoms with E-state index in [0.29, 0.717) is 6.07 Å². The highest BCUT2D eigenvalue weighted by atomic mass is 32.2. The fourth-order valence-corrected chi connectivity index (χ4v) is 4.17. The summed E-state index contributed by atoms with van der Waals surface area (Å²) < 4.78 is 120. The summed E-state index contributed by atoms with van der Waals surface area (Å²) in [5.74, 6) is -2.37. The standard InChI is InChI=1S/C22H21F7N2O4S.CH2O/c1-13(21(24,25)26)35-19-6-4-15(36(2,33)34)12-16(19)20(32)31-9-7-30(8-10-31)18-5-3-14(11-17(18)23)22(27,28)29;1-2/h3-6,11-13H,7-10H2,1-2H3;1H2. The van der Waals surface area contributed by atoms with Crippen LogP contribution >= 0.6 is 0 Å². The molecule has 1 atom stereocenters. The predicted molar refractivity (Wildman–Crippen MR) is 122 cm³/mol. The van der Waals surface area contributed by atoms with Crippen LogP contribution in [-0.4, -0.2) is 70.7 Å². The number of amides is 1. The molecule has 3 rings (SSSR count). The molecule has 1 unspecified atom stereocenters. The van der Waals surface area contributed by atoms with Crippen molar-refractivity contribution >= 4 is 28.2 Å². The van der Waals surface area contributed by atoms with Crippen molar-refractivity contribution < 1.29 is 53.5 Å². The molecule has 1 amide bonds. The molecule has 2 aromatic rings. The Bertz CT molecular complexity index is 1260. The lowest BCUT2D eigenvalue weighted by atomic mass is 10.1. The van der Waals surface area contributed by atoms with Crippen molar-refractivity contribution in [3.05, 3.63) is 53.3 Å². The van der Waals surface area contributed by atoms with Crippen LogP contribution in [0.25, 0.3) is 0 Å². The summed E-state index contributed by atoms with van der Waals surface area (Å²) in [4.78, 5) is 23.5. The molecule has 0 bridgehead atoms. The monoisotopic (exact) mass is 572 g/mol. The van der Waals surface area contributed by atoms with E-state index in [1.165, 1.54) is 9.80 Å². The first kappa shape index (κ1) is 30.9. The zero-order valence-corrected chi connectivity index (χ0v) is 20.9. The van der Waals surface area contributed by atoms with Crippen molar-refractivity contribution in [1.82, 2.24) is 4.90 Å². The van der Waals surface area contributed by atoms with Gasteiger partial charge >= 0.3 is 12.4 Å². The third-order valence-corrected chi connectivity index (χ3v) is 6.67. The van der Waals surface area contributed by atoms with Gasteiger partial charge in [0.15, 0.2) is 15.9 Å². The third kappa shape index (κ3) is 7.36. The van der Waals surface area contributed by atoms with E-state index < -0.39 is 56.9 Å². The lowest BCUT2D eigenvalue weighted by molar-refractivity contribution is -0.189. The van der Waals surface area contributed by atoms with Crippen molar-refractivity contribution in [1.29, 1.82) is 0 Å². The molecule has 7 nitrogen and oxygen atoms in total. The van der Waals surface area contributed by atoms with E-state index >= 15 is 0 Å². The van der Waals surface area contributed by atoms with Gasteiger partial charge in [0.2, 0.25) is 0 Å². The summed E-state index contributed by atoms with van der Waals surface area (Å²) in [6, 6.07) is 5.01. The average molecular weight is 572 g/mol. The number of piperazine rings is 1. The van der Waals surface area contributed by atoms with E-state index in [2.05, 4.69) is 0 Å². The van der Waals surface area contributed by atoms with E-state index in [4.69, 9.17) is 9.53 Å². The van der Waals surface area contributed by atoms with Gasteiger partial charge in [0.1, 0.15) is 18.4 Å². The quantitative estimate of drug-likeness (QED) is 0.496. The van der Waals surface area contributed by atoms with Crippen LogP contribution in [0.2, 0.25) is 0 Å². The molecule has 0 aromatic heterocycles. The van der Waals surface area contributed by atoms with Crippen LogP contribution in [0.3, 0.4) is 0 Å². The molecule has 1 saturated heterocycles. The molecular formula is C23H23F7N2O5S. The lowest BCUT2D eigenvalue weighted by Crippen LogP contribution is -2.49. The SMILES string of the molecule is C=O.CC(Oc1ccc(S(C)(=O)=O)cc1C(=O)N1CCN(c2ccc(C(F)(F)F)cc2F)CC1)C(F)(F)F. The normalized spacial score (nSPS) is 15.4. The van der Waals surface area contributed by atoms with Crippen LogP contribution in [-0.2, 0) is 20.8 Å². The molecule has 0 N–H and O–H groups in total. The summed E-state index contributed by atoms with van der Waals surface area (Å²) in [7, 11) is -3.81. The largest absolute Gasteiger partial charge is 0.480 e. The Labute approximate surface area is 213 Å². The van der Waals surface area contributed by atoms with Gasteiger partial charge in [-0.25, -0.2) is 12.8 Å². The number of benzene rings is 2. The van der Waals surface area contributed by atoms with E-state index in [9.17, 15) is 43.9 Å². The van der Waals surface area contributed by atoms with Gasteiger partial charge in [0.05, 0.1) is 21.7 Å². The van der Waals surface area contributed by atoms with Crippen molar-refractivity contribution in [2.24, 2.45) is 0 Å². The Hall–Kier alpha value is -3.36. The molecule has 15 heteroatoms. The first-order chi connectivity index (χ1) is 17.5. The minimum absolute atomic E-state index is 0.00887. The highest BCUT2D eigenvalue weighted by molar-refractivity contribution is 7.90. The molecule has 1 aliphatic rings. The second kappa shape index (κ2) is 11.6. The molecule has 0 aliphatic carbocycles. The minimum atomic E-state index is -4.74. The van der Waals surface area contributed by atoms with Crippen LogP contribution in [0.5, 0.6) is 5.75 Å². The van der Waals surface area contributed by atoms with Crippen LogP contribution in [0.1, 0.15) is 22.8 Å². The summed E-state index contributed by atoms with van der Waals surface area (Å²) in [5.41, 5.74) is -1.65. The van der Waals surface area contributed by atoms with E-state index in [-0.39, 0.29) is 36.8 Å². The highest BCUT2D eigenvalue weighted by Crippen LogP contribution is 2.33. The number of alkyl halides is 6. The van der Waals surface area contributed by atoms with Gasteiger partial charge in [-0.2, -0.15) is 26.3 Å². The average Bonchev–Trinajstić information content (AvgIpc) is 2.83. The molecule has 0 spiro atoms. The Morgan fingerprint density at radius 3 is 2.03 bits per heavy atom. The fraction of sp³-hybridized carbons (Fsp3) is 0.391. The van der Waals surface area contributed by atoms with Crippen molar-refractivity contribution in [3.63, 3.8) is 0 Å². The van der Waals surface area contributed by atoms with Crippen LogP contribution in [0.15, 0.2) is 41.3 Å². The summed E-state index contributed by atoms with van der Waals surface area (Å²) in [5, 5.41) is 0. The van der Waals surface area contributed by atoms with Gasteiger partial charge in [-0.1, -0.05) is 0 Å². The summed E-state index contributed by atoms with van der Waals surface area (Å²) >= 11 is 0. The number of nitrogens with zero attached hydrogens (tertiary/aromatic N) is 2. The molecule has 38 heavy (non-hydrogen) atoms. The first-order valence-electron chi connectivity index (χ1n) is 10.8. The van der Waals surface area contributed by atoms with E-state index in [0.717, 1.165) is 43.5 Å². The highest BCUT2D eigenvalue weighted by Gasteiger charge is 2.39. The maximum absolute atomic E-state index is 14.3. The zero-order chi connectivity index (χ0) is 29.1. The molecule has 0 saturated carbocycles. The van der Waals surface area contributed by atoms with Gasteiger partial charge in [-0.15, -0.1) is 0 Å². The van der Waals surface area contributed by atoms with Crippen molar-refractivity contribution in [3.8, 4) is 5.75 Å². The van der Waals surface area contributed by atoms with Crippen LogP contribution < -0.4 is 9.64 Å². The smallest absolute Gasteiger partial charge is 0.425 e. The zero-order valence-electron chi connectivity index (χ0n) is 20.1. The number of carbonyl (C=O) groups is 2. The van der Waals surface area contributed by atoms with Gasteiger partial charge in [-0.05, 0) is 43.3 Å². The Kier molecular flexibility index (Phi) is 9.40. The molecule has 0 radical (unpaired) electrons. The summed E-state index contributed by atoms with van der Waals surface area (Å²) in [6.07, 6.45) is -10.9. The number of ether oxygens (including phenoxy) is 1. The fourth-order valence-electron chi connectivity index (χ4n) is 3.53. The number of carbonyl (C=O) groups excluding carboxylic acids is 2. The molecule has 1 fully saturated rings. The maximum Gasteiger partial charge on any atom is 0.425 e. The molecule has 1 heterocycles. The number of rotatable bonds is 5. The number of anilines is 1. The van der Waals surface area contributed by atoms with Crippen LogP contribution in [0, 0.1) is 5.82 Å². The molecule has 2 aromatic carbocycles. The second-order valence-corrected chi connectivity index (χ2v) is 10.2. The minimum Gasteiger partial charge on any atom is -0.480 e. The Morgan fingerprint density at radius 1 is 0.974 bits per heavy atom. The Balaban J connectivity index is 0.00000247. The van der Waals surface area contributed by atoms with Crippen molar-refractivity contribution in [2.45, 2.75) is 30.3 Å². The van der Waals surface area contributed by atoms with E-state index in [1.54, 1.807) is 0 Å². The molecule has 210 valence electrons. The van der Waals surface area contributed by atoms with Gasteiger partial charge < -0.3 is 19.3 Å². The van der Waals surface area contributed by atoms with Crippen LogP contribution in [0.4, 0.5) is 36.4 Å². The first-order valence-corrected chi connectivity index (χ1v) is 12.6. The van der Waals surface area contributed by atoms with Crippen molar-refractivity contribution in [2.75, 3.05) is 37.3 Å². The topological polar surface area (TPSA) is 84.0 Å². The van der Waals surface area contributed by atoms with Gasteiger partial charge in [0, 0.05) is 32.4 Å². The third-order valence-electron chi connectivity index (χ3n) is 5.56. The number of sulfone groups is 1. The number of hydrogen-bond donors (Lipinski definition) is 0. The molecular weight excluding hydrogens is 549 g/mol. The number of halogens is 7. The van der Waals surface area contributed by atoms with Gasteiger partial charge in [0.25, 0.3) is 5.91 Å². The summed E-state index contributed by atoms with van der Waals surface area (Å²) in [6.45, 7) is 2.63. The lowest BCUT2D eigenvalue weighted by Gasteiger charge is -2.36. The predicted octanol–water partition coefficient (Wildman–Crippen LogP) is 4.36. The number of hydrogen-bond acceptors (Lipinski definition) is 6.